The van der Waals surface area contributed by atoms with Crippen LogP contribution in [0.4, 0.5) is 0 Å². The number of hydrogen-bond acceptors (Lipinski definition) is 4. The summed E-state index contributed by atoms with van der Waals surface area (Å²) in [6.07, 6.45) is 11.9. The minimum absolute atomic E-state index is 0.103. The molecule has 1 atom stereocenters. The van der Waals surface area contributed by atoms with Crippen molar-refractivity contribution < 1.29 is 15.0 Å². The molecule has 3 N–H and O–H groups in total. The Morgan fingerprint density at radius 1 is 1.11 bits per heavy atom. The average Bonchev–Trinajstić information content (AvgIpc) is 3.13. The molecule has 158 valence electrons. The number of rotatable bonds is 14. The largest absolute Gasteiger partial charge is 0.396 e. The van der Waals surface area contributed by atoms with E-state index in [1.54, 1.807) is 0 Å². The molecular formula is C23H37NO3S. The maximum atomic E-state index is 11.0. The fourth-order valence-corrected chi connectivity index (χ4v) is 4.18. The third kappa shape index (κ3) is 10.3. The molecule has 1 heterocycles. The van der Waals surface area contributed by atoms with Crippen LogP contribution in [0.5, 0.6) is 0 Å². The highest BCUT2D eigenvalue weighted by Crippen LogP contribution is 2.33. The SMILES string of the molecule is CCCCCCCCCCC#Cc1ccc(C(O)(CCO)CCNC(C)=O)s1. The summed E-state index contributed by atoms with van der Waals surface area (Å²) >= 11 is 1.47. The Morgan fingerprint density at radius 2 is 1.79 bits per heavy atom. The zero-order valence-electron chi connectivity index (χ0n) is 17.6. The van der Waals surface area contributed by atoms with Crippen molar-refractivity contribution in [3.8, 4) is 11.8 Å². The molecule has 1 unspecified atom stereocenters. The van der Waals surface area contributed by atoms with Gasteiger partial charge < -0.3 is 15.5 Å². The number of hydrogen-bond donors (Lipinski definition) is 3. The van der Waals surface area contributed by atoms with E-state index >= 15 is 0 Å². The highest BCUT2D eigenvalue weighted by atomic mass is 32.1. The molecule has 1 amide bonds. The average molecular weight is 408 g/mol. The number of amides is 1. The van der Waals surface area contributed by atoms with Crippen LogP contribution in [-0.4, -0.2) is 29.3 Å². The van der Waals surface area contributed by atoms with Gasteiger partial charge in [0.05, 0.1) is 4.88 Å². The number of carbonyl (C=O) groups excluding carboxylic acids is 1. The summed E-state index contributed by atoms with van der Waals surface area (Å²) in [6, 6.07) is 3.82. The van der Waals surface area contributed by atoms with E-state index in [4.69, 9.17) is 0 Å². The first-order chi connectivity index (χ1) is 13.5. The second-order valence-electron chi connectivity index (χ2n) is 7.43. The van der Waals surface area contributed by atoms with Gasteiger partial charge in [0.15, 0.2) is 0 Å². The lowest BCUT2D eigenvalue weighted by Crippen LogP contribution is -2.32. The van der Waals surface area contributed by atoms with Gasteiger partial charge in [-0.1, -0.05) is 63.7 Å². The molecule has 0 aliphatic carbocycles. The monoisotopic (exact) mass is 407 g/mol. The number of thiophene rings is 1. The molecule has 1 aromatic heterocycles. The maximum absolute atomic E-state index is 11.0. The molecule has 0 saturated heterocycles. The van der Waals surface area contributed by atoms with Crippen LogP contribution in [0.1, 0.15) is 94.2 Å². The summed E-state index contributed by atoms with van der Waals surface area (Å²) in [5, 5.41) is 22.9. The minimum atomic E-state index is -1.13. The molecule has 28 heavy (non-hydrogen) atoms. The zero-order chi connectivity index (χ0) is 20.7. The maximum Gasteiger partial charge on any atom is 0.216 e. The predicted molar refractivity (Wildman–Crippen MR) is 117 cm³/mol. The number of aliphatic hydroxyl groups is 2. The highest BCUT2D eigenvalue weighted by Gasteiger charge is 2.30. The Hall–Kier alpha value is -1.35. The van der Waals surface area contributed by atoms with Gasteiger partial charge >= 0.3 is 0 Å². The molecule has 0 aliphatic rings. The Kier molecular flexibility index (Phi) is 12.9. The Balaban J connectivity index is 2.41. The van der Waals surface area contributed by atoms with Crippen molar-refractivity contribution in [2.45, 2.75) is 90.1 Å². The highest BCUT2D eigenvalue weighted by molar-refractivity contribution is 7.12. The predicted octanol–water partition coefficient (Wildman–Crippen LogP) is 4.73. The van der Waals surface area contributed by atoms with E-state index in [0.717, 1.165) is 22.6 Å². The summed E-state index contributed by atoms with van der Waals surface area (Å²) in [4.78, 5) is 12.8. The third-order valence-electron chi connectivity index (χ3n) is 4.87. The van der Waals surface area contributed by atoms with Gasteiger partial charge in [0.2, 0.25) is 5.91 Å². The van der Waals surface area contributed by atoms with Crippen molar-refractivity contribution in [3.63, 3.8) is 0 Å². The van der Waals surface area contributed by atoms with E-state index in [9.17, 15) is 15.0 Å². The second-order valence-corrected chi connectivity index (χ2v) is 8.51. The summed E-state index contributed by atoms with van der Waals surface area (Å²) in [5.41, 5.74) is -1.13. The zero-order valence-corrected chi connectivity index (χ0v) is 18.4. The molecule has 0 aliphatic heterocycles. The van der Waals surface area contributed by atoms with Crippen LogP contribution >= 0.6 is 11.3 Å². The van der Waals surface area contributed by atoms with E-state index in [-0.39, 0.29) is 18.9 Å². The minimum Gasteiger partial charge on any atom is -0.396 e. The molecule has 4 nitrogen and oxygen atoms in total. The number of nitrogens with one attached hydrogen (secondary N) is 1. The molecule has 0 aromatic carbocycles. The summed E-state index contributed by atoms with van der Waals surface area (Å²) in [7, 11) is 0. The van der Waals surface area contributed by atoms with Gasteiger partial charge in [-0.05, 0) is 25.0 Å². The lowest BCUT2D eigenvalue weighted by molar-refractivity contribution is -0.119. The Bertz CT molecular complexity index is 617. The van der Waals surface area contributed by atoms with Crippen LogP contribution in [0, 0.1) is 11.8 Å². The molecule has 0 spiro atoms. The first kappa shape index (κ1) is 24.7. The number of carbonyl (C=O) groups is 1. The summed E-state index contributed by atoms with van der Waals surface area (Å²) in [6.45, 7) is 3.97. The third-order valence-corrected chi connectivity index (χ3v) is 6.06. The first-order valence-corrected chi connectivity index (χ1v) is 11.5. The van der Waals surface area contributed by atoms with Crippen molar-refractivity contribution >= 4 is 17.2 Å². The molecule has 0 saturated carbocycles. The fraction of sp³-hybridized carbons (Fsp3) is 0.696. The van der Waals surface area contributed by atoms with E-state index in [1.165, 1.54) is 63.2 Å². The molecule has 5 heteroatoms. The fourth-order valence-electron chi connectivity index (χ4n) is 3.15. The van der Waals surface area contributed by atoms with Crippen molar-refractivity contribution in [2.75, 3.05) is 13.2 Å². The Labute approximate surface area is 174 Å². The van der Waals surface area contributed by atoms with Gasteiger partial charge in [-0.3, -0.25) is 4.79 Å². The quantitative estimate of drug-likeness (QED) is 0.308. The smallest absolute Gasteiger partial charge is 0.216 e. The lowest BCUT2D eigenvalue weighted by Gasteiger charge is -2.26. The lowest BCUT2D eigenvalue weighted by atomic mass is 9.94. The van der Waals surface area contributed by atoms with Crippen LogP contribution in [0.15, 0.2) is 12.1 Å². The van der Waals surface area contributed by atoms with E-state index in [2.05, 4.69) is 24.1 Å². The molecule has 1 rings (SSSR count). The van der Waals surface area contributed by atoms with Crippen LogP contribution < -0.4 is 5.32 Å². The summed E-state index contributed by atoms with van der Waals surface area (Å²) in [5.74, 6) is 6.32. The number of aliphatic hydroxyl groups excluding tert-OH is 1. The number of unbranched alkanes of at least 4 members (excludes halogenated alkanes) is 8. The van der Waals surface area contributed by atoms with Gasteiger partial charge in [-0.2, -0.15) is 0 Å². The van der Waals surface area contributed by atoms with Gasteiger partial charge in [-0.25, -0.2) is 0 Å². The normalized spacial score (nSPS) is 12.9. The molecule has 0 fully saturated rings. The van der Waals surface area contributed by atoms with Crippen LogP contribution in [0.25, 0.3) is 0 Å². The van der Waals surface area contributed by atoms with Crippen LogP contribution in [0.3, 0.4) is 0 Å². The molecule has 0 bridgehead atoms. The second kappa shape index (κ2) is 14.6. The van der Waals surface area contributed by atoms with E-state index in [1.807, 2.05) is 12.1 Å². The van der Waals surface area contributed by atoms with Crippen molar-refractivity contribution in [1.82, 2.24) is 5.32 Å². The first-order valence-electron chi connectivity index (χ1n) is 10.7. The van der Waals surface area contributed by atoms with Crippen LogP contribution in [-0.2, 0) is 10.4 Å². The van der Waals surface area contributed by atoms with Crippen molar-refractivity contribution in [2.24, 2.45) is 0 Å². The topological polar surface area (TPSA) is 69.6 Å². The van der Waals surface area contributed by atoms with E-state index in [0.29, 0.717) is 13.0 Å². The van der Waals surface area contributed by atoms with Crippen LogP contribution in [0.2, 0.25) is 0 Å². The van der Waals surface area contributed by atoms with Crippen molar-refractivity contribution in [3.05, 3.63) is 21.9 Å². The molecular weight excluding hydrogens is 370 g/mol. The van der Waals surface area contributed by atoms with E-state index < -0.39 is 5.60 Å². The van der Waals surface area contributed by atoms with Gasteiger partial charge in [-0.15, -0.1) is 11.3 Å². The molecule has 0 radical (unpaired) electrons. The van der Waals surface area contributed by atoms with Crippen molar-refractivity contribution in [1.29, 1.82) is 0 Å². The summed E-state index contributed by atoms with van der Waals surface area (Å²) < 4.78 is 0. The Morgan fingerprint density at radius 3 is 2.43 bits per heavy atom. The molecule has 1 aromatic rings. The standard InChI is InChI=1S/C23H37NO3S/c1-3-4-5-6-7-8-9-10-11-12-13-21-14-15-22(28-21)23(27,17-19-25)16-18-24-20(2)26/h14-15,25,27H,3-11,16-19H2,1-2H3,(H,24,26). The van der Waals surface area contributed by atoms with Gasteiger partial charge in [0.1, 0.15) is 5.60 Å². The van der Waals surface area contributed by atoms with Gasteiger partial charge in [0, 0.05) is 37.8 Å². The van der Waals surface area contributed by atoms with Gasteiger partial charge in [0.25, 0.3) is 0 Å².